The molecule has 112 valence electrons. The fourth-order valence-electron chi connectivity index (χ4n) is 2.26. The topological polar surface area (TPSA) is 41.0 Å². The second-order valence-corrected chi connectivity index (χ2v) is 5.16. The van der Waals surface area contributed by atoms with Crippen LogP contribution in [0.4, 0.5) is 5.82 Å². The largest absolute Gasteiger partial charge is 0.370 e. The Balaban J connectivity index is 1.98. The van der Waals surface area contributed by atoms with Gasteiger partial charge in [0.05, 0.1) is 5.69 Å². The normalized spacial score (nSPS) is 10.9. The second-order valence-electron chi connectivity index (χ2n) is 5.16. The maximum Gasteiger partial charge on any atom is 0.125 e. The summed E-state index contributed by atoms with van der Waals surface area (Å²) in [7, 11) is 0. The molecule has 4 nitrogen and oxygen atoms in total. The molecule has 0 aromatic carbocycles. The van der Waals surface area contributed by atoms with Gasteiger partial charge in [0.2, 0.25) is 0 Å². The summed E-state index contributed by atoms with van der Waals surface area (Å²) >= 11 is 0. The molecule has 4 heteroatoms. The number of nitrogens with one attached hydrogen (secondary N) is 1. The Hall–Kier alpha value is -1.94. The van der Waals surface area contributed by atoms with Crippen molar-refractivity contribution in [2.75, 3.05) is 18.4 Å². The van der Waals surface area contributed by atoms with Gasteiger partial charge in [-0.1, -0.05) is 19.1 Å². The molecule has 0 aliphatic heterocycles. The zero-order valence-corrected chi connectivity index (χ0v) is 13.1. The van der Waals surface area contributed by atoms with E-state index < -0.39 is 0 Å². The number of aromatic nitrogens is 2. The minimum Gasteiger partial charge on any atom is -0.370 e. The fourth-order valence-corrected chi connectivity index (χ4v) is 2.26. The molecule has 21 heavy (non-hydrogen) atoms. The van der Waals surface area contributed by atoms with Gasteiger partial charge in [-0.2, -0.15) is 0 Å². The minimum atomic E-state index is 0.868. The van der Waals surface area contributed by atoms with E-state index in [4.69, 9.17) is 0 Å². The summed E-state index contributed by atoms with van der Waals surface area (Å²) in [6, 6.07) is 10.4. The summed E-state index contributed by atoms with van der Waals surface area (Å²) in [5.74, 6) is 0.935. The molecular weight excluding hydrogens is 260 g/mol. The SMILES string of the molecule is CCNc1ccc(CN(CC)Cc2cccc(C)n2)cn1. The average Bonchev–Trinajstić information content (AvgIpc) is 2.49. The first-order valence-electron chi connectivity index (χ1n) is 7.55. The lowest BCUT2D eigenvalue weighted by molar-refractivity contribution is 0.267. The van der Waals surface area contributed by atoms with Crippen molar-refractivity contribution in [3.63, 3.8) is 0 Å². The molecule has 2 rings (SSSR count). The number of nitrogens with zero attached hydrogens (tertiary/aromatic N) is 3. The van der Waals surface area contributed by atoms with Gasteiger partial charge in [0.25, 0.3) is 0 Å². The molecule has 0 saturated carbocycles. The van der Waals surface area contributed by atoms with E-state index in [-0.39, 0.29) is 0 Å². The molecule has 2 aromatic heterocycles. The van der Waals surface area contributed by atoms with Crippen LogP contribution in [0.25, 0.3) is 0 Å². The van der Waals surface area contributed by atoms with E-state index in [9.17, 15) is 0 Å². The van der Waals surface area contributed by atoms with Crippen LogP contribution in [0.1, 0.15) is 30.8 Å². The average molecular weight is 284 g/mol. The van der Waals surface area contributed by atoms with Crippen LogP contribution < -0.4 is 5.32 Å². The van der Waals surface area contributed by atoms with Crippen molar-refractivity contribution in [3.05, 3.63) is 53.5 Å². The molecule has 0 fully saturated rings. The van der Waals surface area contributed by atoms with E-state index in [1.807, 2.05) is 25.3 Å². The Labute approximate surface area is 127 Å². The van der Waals surface area contributed by atoms with Gasteiger partial charge in [0.15, 0.2) is 0 Å². The van der Waals surface area contributed by atoms with Crippen LogP contribution >= 0.6 is 0 Å². The van der Waals surface area contributed by atoms with E-state index in [2.05, 4.69) is 52.2 Å². The van der Waals surface area contributed by atoms with Crippen molar-refractivity contribution in [2.24, 2.45) is 0 Å². The van der Waals surface area contributed by atoms with Crippen LogP contribution in [0.5, 0.6) is 0 Å². The molecule has 0 spiro atoms. The van der Waals surface area contributed by atoms with Gasteiger partial charge in [0, 0.05) is 31.5 Å². The number of hydrogen-bond donors (Lipinski definition) is 1. The Morgan fingerprint density at radius 1 is 1.10 bits per heavy atom. The van der Waals surface area contributed by atoms with Crippen molar-refractivity contribution in [1.82, 2.24) is 14.9 Å². The van der Waals surface area contributed by atoms with Crippen LogP contribution in [-0.4, -0.2) is 28.0 Å². The molecule has 0 saturated heterocycles. The van der Waals surface area contributed by atoms with E-state index in [0.717, 1.165) is 43.4 Å². The summed E-state index contributed by atoms with van der Waals surface area (Å²) in [5, 5.41) is 3.21. The molecule has 0 aliphatic carbocycles. The van der Waals surface area contributed by atoms with E-state index in [0.29, 0.717) is 0 Å². The maximum atomic E-state index is 4.57. The molecule has 2 aromatic rings. The van der Waals surface area contributed by atoms with E-state index >= 15 is 0 Å². The molecule has 1 N–H and O–H groups in total. The highest BCUT2D eigenvalue weighted by Crippen LogP contribution is 2.10. The van der Waals surface area contributed by atoms with Crippen molar-refractivity contribution in [1.29, 1.82) is 0 Å². The lowest BCUT2D eigenvalue weighted by Gasteiger charge is -2.20. The van der Waals surface area contributed by atoms with Crippen LogP contribution in [0.3, 0.4) is 0 Å². The lowest BCUT2D eigenvalue weighted by atomic mass is 10.2. The van der Waals surface area contributed by atoms with Crippen LogP contribution in [0.2, 0.25) is 0 Å². The monoisotopic (exact) mass is 284 g/mol. The zero-order chi connectivity index (χ0) is 15.1. The van der Waals surface area contributed by atoms with Gasteiger partial charge in [-0.05, 0) is 44.2 Å². The predicted octanol–water partition coefficient (Wildman–Crippen LogP) is 3.24. The highest BCUT2D eigenvalue weighted by atomic mass is 15.1. The molecule has 0 unspecified atom stereocenters. The van der Waals surface area contributed by atoms with Crippen LogP contribution in [0.15, 0.2) is 36.5 Å². The van der Waals surface area contributed by atoms with E-state index in [1.54, 1.807) is 0 Å². The Bertz CT molecular complexity index is 551. The number of pyridine rings is 2. The first kappa shape index (κ1) is 15.4. The summed E-state index contributed by atoms with van der Waals surface area (Å²) in [5.41, 5.74) is 3.42. The first-order valence-corrected chi connectivity index (χ1v) is 7.55. The third kappa shape index (κ3) is 4.83. The Kier molecular flexibility index (Phi) is 5.69. The van der Waals surface area contributed by atoms with Gasteiger partial charge in [-0.25, -0.2) is 4.98 Å². The number of anilines is 1. The first-order chi connectivity index (χ1) is 10.2. The smallest absolute Gasteiger partial charge is 0.125 e. The van der Waals surface area contributed by atoms with Crippen molar-refractivity contribution in [3.8, 4) is 0 Å². The predicted molar refractivity (Wildman–Crippen MR) is 87.2 cm³/mol. The van der Waals surface area contributed by atoms with Crippen molar-refractivity contribution >= 4 is 5.82 Å². The lowest BCUT2D eigenvalue weighted by Crippen LogP contribution is -2.23. The van der Waals surface area contributed by atoms with Gasteiger partial charge in [0.1, 0.15) is 5.82 Å². The van der Waals surface area contributed by atoms with Crippen molar-refractivity contribution in [2.45, 2.75) is 33.9 Å². The molecule has 0 atom stereocenters. The molecule has 2 heterocycles. The van der Waals surface area contributed by atoms with Gasteiger partial charge < -0.3 is 5.32 Å². The molecule has 0 radical (unpaired) electrons. The second kappa shape index (κ2) is 7.74. The Morgan fingerprint density at radius 3 is 2.57 bits per heavy atom. The van der Waals surface area contributed by atoms with Gasteiger partial charge >= 0.3 is 0 Å². The quantitative estimate of drug-likeness (QED) is 0.847. The maximum absolute atomic E-state index is 4.57. The summed E-state index contributed by atoms with van der Waals surface area (Å²) in [4.78, 5) is 11.4. The zero-order valence-electron chi connectivity index (χ0n) is 13.1. The standard InChI is InChI=1S/C17H24N4/c1-4-18-17-10-9-15(11-19-17)12-21(5-2)13-16-8-6-7-14(3)20-16/h6-11H,4-5,12-13H2,1-3H3,(H,18,19). The molecule has 0 bridgehead atoms. The summed E-state index contributed by atoms with van der Waals surface area (Å²) in [6.45, 7) is 9.93. The summed E-state index contributed by atoms with van der Waals surface area (Å²) in [6.07, 6.45) is 1.95. The van der Waals surface area contributed by atoms with Crippen LogP contribution in [-0.2, 0) is 13.1 Å². The number of rotatable bonds is 7. The van der Waals surface area contributed by atoms with Gasteiger partial charge in [-0.15, -0.1) is 0 Å². The van der Waals surface area contributed by atoms with Crippen LogP contribution in [0, 0.1) is 6.92 Å². The third-order valence-electron chi connectivity index (χ3n) is 3.37. The van der Waals surface area contributed by atoms with E-state index in [1.165, 1.54) is 5.56 Å². The Morgan fingerprint density at radius 2 is 1.95 bits per heavy atom. The fraction of sp³-hybridized carbons (Fsp3) is 0.412. The molecular formula is C17H24N4. The highest BCUT2D eigenvalue weighted by Gasteiger charge is 2.06. The minimum absolute atomic E-state index is 0.868. The third-order valence-corrected chi connectivity index (χ3v) is 3.37. The number of hydrogen-bond acceptors (Lipinski definition) is 4. The molecule has 0 aliphatic rings. The van der Waals surface area contributed by atoms with Gasteiger partial charge in [-0.3, -0.25) is 9.88 Å². The summed E-state index contributed by atoms with van der Waals surface area (Å²) < 4.78 is 0. The molecule has 0 amide bonds. The number of aryl methyl sites for hydroxylation is 1. The van der Waals surface area contributed by atoms with Crippen molar-refractivity contribution < 1.29 is 0 Å². The highest BCUT2D eigenvalue weighted by molar-refractivity contribution is 5.35.